The summed E-state index contributed by atoms with van der Waals surface area (Å²) < 4.78 is 8.03. The number of alkyl halides is 1. The fourth-order valence-electron chi connectivity index (χ4n) is 3.08. The molecule has 0 spiro atoms. The number of halogens is 1. The molecule has 0 N–H and O–H groups in total. The maximum atomic E-state index is 9.12. The molecule has 1 saturated heterocycles. The van der Waals surface area contributed by atoms with Crippen molar-refractivity contribution in [2.75, 3.05) is 12.5 Å². The number of aromatic nitrogens is 2. The first-order valence-corrected chi connectivity index (χ1v) is 7.86. The van der Waals surface area contributed by atoms with Crippen LogP contribution in [-0.4, -0.2) is 28.1 Å². The summed E-state index contributed by atoms with van der Waals surface area (Å²) >= 11 is 5.92. The van der Waals surface area contributed by atoms with Gasteiger partial charge in [-0.05, 0) is 38.0 Å². The van der Waals surface area contributed by atoms with Crippen molar-refractivity contribution in [1.82, 2.24) is 9.55 Å². The van der Waals surface area contributed by atoms with Gasteiger partial charge in [0.15, 0.2) is 0 Å². The van der Waals surface area contributed by atoms with E-state index in [1.54, 1.807) is 6.07 Å². The van der Waals surface area contributed by atoms with Gasteiger partial charge in [-0.15, -0.1) is 11.6 Å². The normalized spacial score (nSPS) is 19.8. The van der Waals surface area contributed by atoms with Gasteiger partial charge in [-0.2, -0.15) is 5.26 Å². The average molecular weight is 304 g/mol. The molecule has 0 bridgehead atoms. The molecule has 2 heterocycles. The van der Waals surface area contributed by atoms with E-state index in [2.05, 4.69) is 22.5 Å². The van der Waals surface area contributed by atoms with Crippen LogP contribution >= 0.6 is 11.6 Å². The topological polar surface area (TPSA) is 50.8 Å². The zero-order chi connectivity index (χ0) is 14.8. The predicted molar refractivity (Wildman–Crippen MR) is 82.6 cm³/mol. The summed E-state index contributed by atoms with van der Waals surface area (Å²) in [5, 5.41) is 9.12. The van der Waals surface area contributed by atoms with Gasteiger partial charge >= 0.3 is 0 Å². The number of nitrogens with zero attached hydrogens (tertiary/aromatic N) is 3. The number of hydrogen-bond donors (Lipinski definition) is 0. The highest BCUT2D eigenvalue weighted by Crippen LogP contribution is 2.30. The van der Waals surface area contributed by atoms with E-state index in [-0.39, 0.29) is 12.1 Å². The Bertz CT molecular complexity index is 683. The monoisotopic (exact) mass is 303 g/mol. The molecule has 4 nitrogen and oxygen atoms in total. The lowest BCUT2D eigenvalue weighted by molar-refractivity contribution is 0.0736. The van der Waals surface area contributed by atoms with Crippen molar-refractivity contribution < 1.29 is 4.74 Å². The van der Waals surface area contributed by atoms with Crippen LogP contribution in [0.2, 0.25) is 0 Å². The van der Waals surface area contributed by atoms with Gasteiger partial charge in [-0.3, -0.25) is 0 Å². The zero-order valence-electron chi connectivity index (χ0n) is 12.1. The van der Waals surface area contributed by atoms with Crippen molar-refractivity contribution in [1.29, 1.82) is 5.26 Å². The zero-order valence-corrected chi connectivity index (χ0v) is 12.8. The van der Waals surface area contributed by atoms with Crippen LogP contribution in [-0.2, 0) is 11.2 Å². The highest BCUT2D eigenvalue weighted by molar-refractivity contribution is 6.17. The van der Waals surface area contributed by atoms with Crippen LogP contribution in [0.1, 0.15) is 37.2 Å². The standard InChI is InChI=1S/C16H18ClN3O/c1-11(15-3-2-8-21-15)20-14-9-12(10-18)4-5-13(14)19-16(20)6-7-17/h4-5,9,11,15H,2-3,6-8H2,1H3. The van der Waals surface area contributed by atoms with Gasteiger partial charge in [0.25, 0.3) is 0 Å². The molecule has 1 aromatic carbocycles. The predicted octanol–water partition coefficient (Wildman–Crippen LogP) is 3.43. The molecule has 110 valence electrons. The molecule has 2 unspecified atom stereocenters. The number of benzene rings is 1. The van der Waals surface area contributed by atoms with Crippen LogP contribution in [0, 0.1) is 11.3 Å². The minimum absolute atomic E-state index is 0.199. The van der Waals surface area contributed by atoms with E-state index < -0.39 is 0 Å². The summed E-state index contributed by atoms with van der Waals surface area (Å²) in [6.45, 7) is 2.99. The lowest BCUT2D eigenvalue weighted by Gasteiger charge is -2.23. The Balaban J connectivity index is 2.11. The van der Waals surface area contributed by atoms with Gasteiger partial charge in [0.1, 0.15) is 5.82 Å². The van der Waals surface area contributed by atoms with Crippen molar-refractivity contribution in [3.63, 3.8) is 0 Å². The number of imidazole rings is 1. The first-order valence-electron chi connectivity index (χ1n) is 7.33. The SMILES string of the molecule is CC(C1CCCO1)n1c(CCCl)nc2ccc(C#N)cc21. The summed E-state index contributed by atoms with van der Waals surface area (Å²) in [7, 11) is 0. The van der Waals surface area contributed by atoms with Crippen LogP contribution in [0.15, 0.2) is 18.2 Å². The molecular formula is C16H18ClN3O. The highest BCUT2D eigenvalue weighted by atomic mass is 35.5. The van der Waals surface area contributed by atoms with Crippen LogP contribution < -0.4 is 0 Å². The number of hydrogen-bond acceptors (Lipinski definition) is 3. The molecule has 2 aromatic rings. The number of fused-ring (bicyclic) bond motifs is 1. The van der Waals surface area contributed by atoms with E-state index in [1.807, 2.05) is 12.1 Å². The Morgan fingerprint density at radius 3 is 3.10 bits per heavy atom. The molecule has 21 heavy (non-hydrogen) atoms. The molecular weight excluding hydrogens is 286 g/mol. The maximum absolute atomic E-state index is 9.12. The summed E-state index contributed by atoms with van der Waals surface area (Å²) in [5.74, 6) is 1.50. The van der Waals surface area contributed by atoms with E-state index in [9.17, 15) is 0 Å². The summed E-state index contributed by atoms with van der Waals surface area (Å²) in [6, 6.07) is 8.02. The second-order valence-electron chi connectivity index (χ2n) is 5.44. The van der Waals surface area contributed by atoms with Crippen LogP contribution in [0.4, 0.5) is 0 Å². The third-order valence-corrected chi connectivity index (χ3v) is 4.31. The molecule has 0 saturated carbocycles. The van der Waals surface area contributed by atoms with Gasteiger partial charge in [-0.1, -0.05) is 0 Å². The summed E-state index contributed by atoms with van der Waals surface area (Å²) in [4.78, 5) is 4.68. The van der Waals surface area contributed by atoms with Gasteiger partial charge < -0.3 is 9.30 Å². The number of rotatable bonds is 4. The fraction of sp³-hybridized carbons (Fsp3) is 0.500. The second kappa shape index (κ2) is 6.05. The van der Waals surface area contributed by atoms with Crippen LogP contribution in [0.25, 0.3) is 11.0 Å². The molecule has 1 aromatic heterocycles. The molecule has 0 amide bonds. The van der Waals surface area contributed by atoms with Crippen molar-refractivity contribution in [2.24, 2.45) is 0 Å². The Morgan fingerprint density at radius 2 is 2.43 bits per heavy atom. The fourth-order valence-corrected chi connectivity index (χ4v) is 3.25. The lowest BCUT2D eigenvalue weighted by atomic mass is 10.1. The van der Waals surface area contributed by atoms with Crippen LogP contribution in [0.3, 0.4) is 0 Å². The van der Waals surface area contributed by atoms with Crippen molar-refractivity contribution >= 4 is 22.6 Å². The third-order valence-electron chi connectivity index (χ3n) is 4.12. The molecule has 1 fully saturated rings. The highest BCUT2D eigenvalue weighted by Gasteiger charge is 2.26. The van der Waals surface area contributed by atoms with E-state index in [0.717, 1.165) is 42.7 Å². The van der Waals surface area contributed by atoms with Crippen molar-refractivity contribution in [2.45, 2.75) is 38.3 Å². The Labute approximate surface area is 129 Å². The molecule has 1 aliphatic rings. The van der Waals surface area contributed by atoms with Crippen molar-refractivity contribution in [3.8, 4) is 6.07 Å². The second-order valence-corrected chi connectivity index (χ2v) is 5.82. The summed E-state index contributed by atoms with van der Waals surface area (Å²) in [5.41, 5.74) is 2.57. The first-order chi connectivity index (χ1) is 10.2. The van der Waals surface area contributed by atoms with E-state index in [1.165, 1.54) is 0 Å². The molecule has 3 rings (SSSR count). The maximum Gasteiger partial charge on any atom is 0.111 e. The average Bonchev–Trinajstić information content (AvgIpc) is 3.13. The van der Waals surface area contributed by atoms with E-state index in [0.29, 0.717) is 11.4 Å². The van der Waals surface area contributed by atoms with E-state index >= 15 is 0 Å². The Hall–Kier alpha value is -1.57. The minimum atomic E-state index is 0.199. The van der Waals surface area contributed by atoms with Gasteiger partial charge in [0.2, 0.25) is 0 Å². The first kappa shape index (κ1) is 14.4. The third kappa shape index (κ3) is 2.64. The quantitative estimate of drug-likeness (QED) is 0.813. The number of nitriles is 1. The molecule has 0 radical (unpaired) electrons. The molecule has 2 atom stereocenters. The van der Waals surface area contributed by atoms with Gasteiger partial charge in [0.05, 0.1) is 34.8 Å². The minimum Gasteiger partial charge on any atom is -0.376 e. The van der Waals surface area contributed by atoms with Crippen LogP contribution in [0.5, 0.6) is 0 Å². The van der Waals surface area contributed by atoms with Gasteiger partial charge in [-0.25, -0.2) is 4.98 Å². The van der Waals surface area contributed by atoms with Gasteiger partial charge in [0, 0.05) is 18.9 Å². The number of aryl methyl sites for hydroxylation is 1. The largest absolute Gasteiger partial charge is 0.376 e. The molecule has 1 aliphatic heterocycles. The lowest BCUT2D eigenvalue weighted by Crippen LogP contribution is -2.22. The van der Waals surface area contributed by atoms with E-state index in [4.69, 9.17) is 21.6 Å². The molecule has 0 aliphatic carbocycles. The smallest absolute Gasteiger partial charge is 0.111 e. The Kier molecular flexibility index (Phi) is 4.14. The molecule has 5 heteroatoms. The van der Waals surface area contributed by atoms with Crippen molar-refractivity contribution in [3.05, 3.63) is 29.6 Å². The number of ether oxygens (including phenoxy) is 1. The Morgan fingerprint density at radius 1 is 1.57 bits per heavy atom. The summed E-state index contributed by atoms with van der Waals surface area (Å²) in [6.07, 6.45) is 3.10.